The normalized spacial score (nSPS) is 19.7. The van der Waals surface area contributed by atoms with E-state index in [0.29, 0.717) is 24.5 Å². The van der Waals surface area contributed by atoms with Crippen LogP contribution in [0.15, 0.2) is 42.5 Å². The molecule has 1 aliphatic heterocycles. The summed E-state index contributed by atoms with van der Waals surface area (Å²) in [4.78, 5) is 15.2. The summed E-state index contributed by atoms with van der Waals surface area (Å²) in [5.74, 6) is 0.267. The molecule has 2 aromatic carbocycles. The predicted molar refractivity (Wildman–Crippen MR) is 101 cm³/mol. The molecule has 0 radical (unpaired) electrons. The SMILES string of the molecule is O=C(NC1CCCc2c(O)cccc21)c1ccccc1N1CCOCC1. The van der Waals surface area contributed by atoms with Crippen molar-refractivity contribution < 1.29 is 14.6 Å². The number of rotatable bonds is 3. The molecule has 2 aliphatic rings. The molecule has 5 nitrogen and oxygen atoms in total. The quantitative estimate of drug-likeness (QED) is 0.891. The van der Waals surface area contributed by atoms with Crippen LogP contribution in [0.2, 0.25) is 0 Å². The summed E-state index contributed by atoms with van der Waals surface area (Å²) < 4.78 is 5.43. The van der Waals surface area contributed by atoms with E-state index >= 15 is 0 Å². The third kappa shape index (κ3) is 3.27. The summed E-state index contributed by atoms with van der Waals surface area (Å²) in [6, 6.07) is 13.3. The number of hydrogen-bond acceptors (Lipinski definition) is 4. The molecule has 0 bridgehead atoms. The summed E-state index contributed by atoms with van der Waals surface area (Å²) in [6.45, 7) is 2.96. The van der Waals surface area contributed by atoms with E-state index in [-0.39, 0.29) is 11.9 Å². The van der Waals surface area contributed by atoms with E-state index in [1.807, 2.05) is 36.4 Å². The van der Waals surface area contributed by atoms with Gasteiger partial charge in [-0.05, 0) is 48.6 Å². The Bertz CT molecular complexity index is 800. The number of benzene rings is 2. The monoisotopic (exact) mass is 352 g/mol. The minimum absolute atomic E-state index is 0.0592. The van der Waals surface area contributed by atoms with Crippen molar-refractivity contribution in [1.82, 2.24) is 5.32 Å². The lowest BCUT2D eigenvalue weighted by Gasteiger charge is -2.31. The van der Waals surface area contributed by atoms with Crippen LogP contribution in [0.25, 0.3) is 0 Å². The average Bonchev–Trinajstić information content (AvgIpc) is 2.69. The number of hydrogen-bond donors (Lipinski definition) is 2. The van der Waals surface area contributed by atoms with Gasteiger partial charge in [-0.1, -0.05) is 24.3 Å². The van der Waals surface area contributed by atoms with Crippen molar-refractivity contribution in [2.75, 3.05) is 31.2 Å². The topological polar surface area (TPSA) is 61.8 Å². The molecule has 0 spiro atoms. The number of nitrogens with one attached hydrogen (secondary N) is 1. The van der Waals surface area contributed by atoms with Gasteiger partial charge in [0.25, 0.3) is 5.91 Å². The van der Waals surface area contributed by atoms with Crippen LogP contribution in [-0.2, 0) is 11.2 Å². The number of ether oxygens (including phenoxy) is 1. The van der Waals surface area contributed by atoms with E-state index in [0.717, 1.165) is 49.2 Å². The highest BCUT2D eigenvalue weighted by molar-refractivity contribution is 6.00. The lowest BCUT2D eigenvalue weighted by atomic mass is 9.87. The number of phenolic OH excluding ortho intramolecular Hbond substituents is 1. The maximum absolute atomic E-state index is 13.0. The van der Waals surface area contributed by atoms with Gasteiger partial charge in [-0.25, -0.2) is 0 Å². The van der Waals surface area contributed by atoms with Crippen molar-refractivity contribution in [2.45, 2.75) is 25.3 Å². The van der Waals surface area contributed by atoms with Gasteiger partial charge in [-0.15, -0.1) is 0 Å². The fraction of sp³-hybridized carbons (Fsp3) is 0.381. The largest absolute Gasteiger partial charge is 0.508 e. The van der Waals surface area contributed by atoms with Crippen LogP contribution in [0.3, 0.4) is 0 Å². The lowest BCUT2D eigenvalue weighted by molar-refractivity contribution is 0.0931. The van der Waals surface area contributed by atoms with Gasteiger partial charge in [-0.2, -0.15) is 0 Å². The molecule has 5 heteroatoms. The van der Waals surface area contributed by atoms with E-state index in [4.69, 9.17) is 4.74 Å². The van der Waals surface area contributed by atoms with Crippen LogP contribution >= 0.6 is 0 Å². The Kier molecular flexibility index (Phi) is 4.80. The van der Waals surface area contributed by atoms with Crippen LogP contribution in [0.4, 0.5) is 5.69 Å². The Morgan fingerprint density at radius 1 is 1.12 bits per heavy atom. The van der Waals surface area contributed by atoms with Crippen molar-refractivity contribution >= 4 is 11.6 Å². The Morgan fingerprint density at radius 2 is 1.92 bits per heavy atom. The highest BCUT2D eigenvalue weighted by atomic mass is 16.5. The second-order valence-corrected chi connectivity index (χ2v) is 6.88. The number of phenols is 1. The van der Waals surface area contributed by atoms with Crippen molar-refractivity contribution in [1.29, 1.82) is 0 Å². The van der Waals surface area contributed by atoms with Crippen molar-refractivity contribution in [3.8, 4) is 5.75 Å². The summed E-state index contributed by atoms with van der Waals surface area (Å²) in [6.07, 6.45) is 2.71. The van der Waals surface area contributed by atoms with Gasteiger partial charge in [-0.3, -0.25) is 4.79 Å². The van der Waals surface area contributed by atoms with Crippen LogP contribution in [0.1, 0.15) is 40.4 Å². The summed E-state index contributed by atoms with van der Waals surface area (Å²) in [5, 5.41) is 13.3. The fourth-order valence-corrected chi connectivity index (χ4v) is 3.96. The number of aromatic hydroxyl groups is 1. The zero-order valence-electron chi connectivity index (χ0n) is 14.8. The van der Waals surface area contributed by atoms with Gasteiger partial charge in [0.05, 0.1) is 24.8 Å². The van der Waals surface area contributed by atoms with Gasteiger partial charge in [0.15, 0.2) is 0 Å². The lowest BCUT2D eigenvalue weighted by Crippen LogP contribution is -2.38. The molecular weight excluding hydrogens is 328 g/mol. The first-order chi connectivity index (χ1) is 12.7. The molecule has 1 saturated heterocycles. The Labute approximate surface area is 153 Å². The van der Waals surface area contributed by atoms with Crippen molar-refractivity contribution in [3.05, 3.63) is 59.2 Å². The van der Waals surface area contributed by atoms with Gasteiger partial charge < -0.3 is 20.1 Å². The smallest absolute Gasteiger partial charge is 0.253 e. The zero-order chi connectivity index (χ0) is 17.9. The molecule has 1 heterocycles. The molecule has 2 aromatic rings. The van der Waals surface area contributed by atoms with Crippen LogP contribution in [-0.4, -0.2) is 37.3 Å². The number of nitrogens with zero attached hydrogens (tertiary/aromatic N) is 1. The second-order valence-electron chi connectivity index (χ2n) is 6.88. The first-order valence-electron chi connectivity index (χ1n) is 9.27. The number of para-hydroxylation sites is 1. The van der Waals surface area contributed by atoms with Gasteiger partial charge >= 0.3 is 0 Å². The van der Waals surface area contributed by atoms with E-state index in [1.54, 1.807) is 6.07 Å². The third-order valence-electron chi connectivity index (χ3n) is 5.29. The molecule has 1 fully saturated rings. The highest BCUT2D eigenvalue weighted by Crippen LogP contribution is 2.35. The average molecular weight is 352 g/mol. The predicted octanol–water partition coefficient (Wildman–Crippen LogP) is 3.04. The minimum atomic E-state index is -0.0618. The van der Waals surface area contributed by atoms with Gasteiger partial charge in [0.2, 0.25) is 0 Å². The van der Waals surface area contributed by atoms with Crippen molar-refractivity contribution in [3.63, 3.8) is 0 Å². The number of amides is 1. The first kappa shape index (κ1) is 16.9. The van der Waals surface area contributed by atoms with Crippen LogP contribution < -0.4 is 10.2 Å². The Morgan fingerprint density at radius 3 is 2.77 bits per heavy atom. The maximum Gasteiger partial charge on any atom is 0.253 e. The van der Waals surface area contributed by atoms with Crippen molar-refractivity contribution in [2.24, 2.45) is 0 Å². The van der Waals surface area contributed by atoms with Crippen LogP contribution in [0, 0.1) is 0 Å². The summed E-state index contributed by atoms with van der Waals surface area (Å²) in [5.41, 5.74) is 3.65. The zero-order valence-corrected chi connectivity index (χ0v) is 14.8. The summed E-state index contributed by atoms with van der Waals surface area (Å²) >= 11 is 0. The van der Waals surface area contributed by atoms with E-state index in [1.165, 1.54) is 0 Å². The molecule has 136 valence electrons. The number of carbonyl (C=O) groups excluding carboxylic acids is 1. The minimum Gasteiger partial charge on any atom is -0.508 e. The number of anilines is 1. The molecule has 1 aliphatic carbocycles. The van der Waals surface area contributed by atoms with Gasteiger partial charge in [0, 0.05) is 18.8 Å². The van der Waals surface area contributed by atoms with Crippen LogP contribution in [0.5, 0.6) is 5.75 Å². The second kappa shape index (κ2) is 7.38. The molecule has 0 saturated carbocycles. The van der Waals surface area contributed by atoms with E-state index in [9.17, 15) is 9.90 Å². The number of fused-ring (bicyclic) bond motifs is 1. The molecule has 1 unspecified atom stereocenters. The van der Waals surface area contributed by atoms with Gasteiger partial charge in [0.1, 0.15) is 5.75 Å². The van der Waals surface area contributed by atoms with E-state index < -0.39 is 0 Å². The Hall–Kier alpha value is -2.53. The molecule has 4 rings (SSSR count). The molecule has 1 atom stereocenters. The van der Waals surface area contributed by atoms with E-state index in [2.05, 4.69) is 10.2 Å². The highest BCUT2D eigenvalue weighted by Gasteiger charge is 2.25. The molecule has 0 aromatic heterocycles. The number of carbonyl (C=O) groups is 1. The number of morpholine rings is 1. The Balaban J connectivity index is 1.58. The maximum atomic E-state index is 13.0. The summed E-state index contributed by atoms with van der Waals surface area (Å²) in [7, 11) is 0. The molecule has 2 N–H and O–H groups in total. The molecule has 1 amide bonds. The molecule has 26 heavy (non-hydrogen) atoms. The first-order valence-corrected chi connectivity index (χ1v) is 9.27. The third-order valence-corrected chi connectivity index (χ3v) is 5.29. The fourth-order valence-electron chi connectivity index (χ4n) is 3.96. The standard InChI is InChI=1S/C21H24N2O3/c24-20-10-4-6-15-16(20)7-3-8-18(15)22-21(25)17-5-1-2-9-19(17)23-11-13-26-14-12-23/h1-2,4-6,9-10,18,24H,3,7-8,11-14H2,(H,22,25). The molecular formula is C21H24N2O3.